The lowest BCUT2D eigenvalue weighted by atomic mass is 10.0. The summed E-state index contributed by atoms with van der Waals surface area (Å²) in [6, 6.07) is 7.53. The third-order valence-electron chi connectivity index (χ3n) is 4.19. The van der Waals surface area contributed by atoms with Crippen LogP contribution in [0.4, 0.5) is 4.39 Å². The van der Waals surface area contributed by atoms with Gasteiger partial charge in [-0.2, -0.15) is 0 Å². The molecule has 1 aliphatic heterocycles. The number of amides is 2. The molecule has 1 aliphatic rings. The van der Waals surface area contributed by atoms with Crippen LogP contribution in [0.25, 0.3) is 0 Å². The summed E-state index contributed by atoms with van der Waals surface area (Å²) in [4.78, 5) is 26.3. The van der Waals surface area contributed by atoms with E-state index >= 15 is 0 Å². The molecule has 0 bridgehead atoms. The van der Waals surface area contributed by atoms with Crippen molar-refractivity contribution in [2.24, 2.45) is 0 Å². The Morgan fingerprint density at radius 3 is 2.56 bits per heavy atom. The SMILES string of the molecule is Cc1ccc(C(=O)NC2CCN(C(=O)c3cc(F)cc(Br)c3)CC2)o1. The summed E-state index contributed by atoms with van der Waals surface area (Å²) in [7, 11) is 0. The van der Waals surface area contributed by atoms with Crippen molar-refractivity contribution in [2.45, 2.75) is 25.8 Å². The first-order chi connectivity index (χ1) is 11.9. The number of hydrogen-bond donors (Lipinski definition) is 1. The van der Waals surface area contributed by atoms with Crippen LogP contribution in [-0.2, 0) is 0 Å². The van der Waals surface area contributed by atoms with E-state index in [0.29, 0.717) is 47.5 Å². The molecule has 3 rings (SSSR count). The lowest BCUT2D eigenvalue weighted by molar-refractivity contribution is 0.0695. The third-order valence-corrected chi connectivity index (χ3v) is 4.65. The summed E-state index contributed by atoms with van der Waals surface area (Å²) in [5.74, 6) is 0.0830. The number of nitrogens with zero attached hydrogens (tertiary/aromatic N) is 1. The minimum Gasteiger partial charge on any atom is -0.456 e. The van der Waals surface area contributed by atoms with Crippen LogP contribution in [0.5, 0.6) is 0 Å². The highest BCUT2D eigenvalue weighted by Gasteiger charge is 2.25. The van der Waals surface area contributed by atoms with Gasteiger partial charge in [0.15, 0.2) is 5.76 Å². The highest BCUT2D eigenvalue weighted by molar-refractivity contribution is 9.10. The molecule has 5 nitrogen and oxygen atoms in total. The van der Waals surface area contributed by atoms with Crippen LogP contribution in [0.1, 0.15) is 39.5 Å². The molecule has 7 heteroatoms. The number of benzene rings is 1. The second-order valence-corrected chi connectivity index (χ2v) is 7.02. The lowest BCUT2D eigenvalue weighted by Crippen LogP contribution is -2.46. The summed E-state index contributed by atoms with van der Waals surface area (Å²) >= 11 is 3.20. The fourth-order valence-corrected chi connectivity index (χ4v) is 3.37. The number of carbonyl (C=O) groups is 2. The van der Waals surface area contributed by atoms with Crippen LogP contribution in [0, 0.1) is 12.7 Å². The number of carbonyl (C=O) groups excluding carboxylic acids is 2. The third kappa shape index (κ3) is 4.28. The van der Waals surface area contributed by atoms with Gasteiger partial charge in [0, 0.05) is 29.2 Å². The quantitative estimate of drug-likeness (QED) is 0.844. The molecule has 2 amide bonds. The van der Waals surface area contributed by atoms with Gasteiger partial charge in [0.05, 0.1) is 0 Å². The van der Waals surface area contributed by atoms with E-state index in [1.165, 1.54) is 12.1 Å². The number of nitrogens with one attached hydrogen (secondary N) is 1. The van der Waals surface area contributed by atoms with Gasteiger partial charge in [-0.05, 0) is 50.1 Å². The Hall–Kier alpha value is -2.15. The van der Waals surface area contributed by atoms with Crippen molar-refractivity contribution in [3.8, 4) is 0 Å². The topological polar surface area (TPSA) is 62.6 Å². The Balaban J connectivity index is 1.56. The van der Waals surface area contributed by atoms with Crippen molar-refractivity contribution < 1.29 is 18.4 Å². The molecule has 0 radical (unpaired) electrons. The van der Waals surface area contributed by atoms with Crippen molar-refractivity contribution >= 4 is 27.7 Å². The Bertz CT molecular complexity index is 777. The molecule has 2 aromatic rings. The zero-order chi connectivity index (χ0) is 18.0. The zero-order valence-electron chi connectivity index (χ0n) is 13.7. The molecule has 1 aromatic carbocycles. The van der Waals surface area contributed by atoms with E-state index in [2.05, 4.69) is 21.2 Å². The molecule has 0 unspecified atom stereocenters. The maximum absolute atomic E-state index is 13.5. The average molecular weight is 409 g/mol. The fraction of sp³-hybridized carbons (Fsp3) is 0.333. The van der Waals surface area contributed by atoms with E-state index < -0.39 is 5.82 Å². The van der Waals surface area contributed by atoms with Gasteiger partial charge in [0.1, 0.15) is 11.6 Å². The molecule has 1 saturated heterocycles. The molecule has 0 atom stereocenters. The van der Waals surface area contributed by atoms with Gasteiger partial charge in [0.2, 0.25) is 0 Å². The maximum Gasteiger partial charge on any atom is 0.287 e. The summed E-state index contributed by atoms with van der Waals surface area (Å²) in [5.41, 5.74) is 0.320. The number of piperidine rings is 1. The standard InChI is InChI=1S/C18H18BrFN2O3/c1-11-2-3-16(25-11)17(23)21-15-4-6-22(7-5-15)18(24)12-8-13(19)10-14(20)9-12/h2-3,8-10,15H,4-7H2,1H3,(H,21,23). The van der Waals surface area contributed by atoms with Crippen LogP contribution < -0.4 is 5.32 Å². The van der Waals surface area contributed by atoms with Crippen LogP contribution in [-0.4, -0.2) is 35.8 Å². The number of aryl methyl sites for hydroxylation is 1. The molecule has 0 spiro atoms. The molecule has 132 valence electrons. The number of furan rings is 1. The minimum atomic E-state index is -0.450. The molecule has 1 aromatic heterocycles. The van der Waals surface area contributed by atoms with Crippen molar-refractivity contribution in [1.29, 1.82) is 0 Å². The molecular weight excluding hydrogens is 391 g/mol. The van der Waals surface area contributed by atoms with E-state index in [1.807, 2.05) is 0 Å². The number of halogens is 2. The second-order valence-electron chi connectivity index (χ2n) is 6.11. The molecule has 1 fully saturated rings. The lowest BCUT2D eigenvalue weighted by Gasteiger charge is -2.32. The number of hydrogen-bond acceptors (Lipinski definition) is 3. The first kappa shape index (κ1) is 17.7. The Morgan fingerprint density at radius 1 is 1.24 bits per heavy atom. The fourth-order valence-electron chi connectivity index (χ4n) is 2.90. The van der Waals surface area contributed by atoms with Crippen LogP contribution in [0.3, 0.4) is 0 Å². The predicted octanol–water partition coefficient (Wildman–Crippen LogP) is 3.52. The van der Waals surface area contributed by atoms with Crippen LogP contribution >= 0.6 is 15.9 Å². The van der Waals surface area contributed by atoms with Crippen LogP contribution in [0.2, 0.25) is 0 Å². The van der Waals surface area contributed by atoms with Gasteiger partial charge in [-0.15, -0.1) is 0 Å². The highest BCUT2D eigenvalue weighted by Crippen LogP contribution is 2.19. The molecular formula is C18H18BrFN2O3. The second kappa shape index (κ2) is 7.39. The Morgan fingerprint density at radius 2 is 1.96 bits per heavy atom. The maximum atomic E-state index is 13.5. The molecule has 0 saturated carbocycles. The summed E-state index contributed by atoms with van der Waals surface area (Å²) < 4.78 is 19.3. The Labute approximate surface area is 153 Å². The average Bonchev–Trinajstić information content (AvgIpc) is 3.00. The van der Waals surface area contributed by atoms with E-state index in [9.17, 15) is 14.0 Å². The normalized spacial score (nSPS) is 15.2. The van der Waals surface area contributed by atoms with E-state index in [0.717, 1.165) is 0 Å². The number of likely N-dealkylation sites (tertiary alicyclic amines) is 1. The van der Waals surface area contributed by atoms with E-state index in [1.54, 1.807) is 30.0 Å². The van der Waals surface area contributed by atoms with Gasteiger partial charge in [-0.1, -0.05) is 15.9 Å². The van der Waals surface area contributed by atoms with Crippen molar-refractivity contribution in [2.75, 3.05) is 13.1 Å². The Kier molecular flexibility index (Phi) is 5.22. The highest BCUT2D eigenvalue weighted by atomic mass is 79.9. The van der Waals surface area contributed by atoms with Gasteiger partial charge in [-0.25, -0.2) is 4.39 Å². The molecule has 1 N–H and O–H groups in total. The molecule has 2 heterocycles. The predicted molar refractivity (Wildman–Crippen MR) is 93.9 cm³/mol. The first-order valence-electron chi connectivity index (χ1n) is 8.05. The summed E-state index contributed by atoms with van der Waals surface area (Å²) in [6.45, 7) is 2.80. The zero-order valence-corrected chi connectivity index (χ0v) is 15.3. The summed E-state index contributed by atoms with van der Waals surface area (Å²) in [6.07, 6.45) is 1.29. The van der Waals surface area contributed by atoms with Gasteiger partial charge in [-0.3, -0.25) is 9.59 Å². The van der Waals surface area contributed by atoms with Gasteiger partial charge < -0.3 is 14.6 Å². The van der Waals surface area contributed by atoms with Gasteiger partial charge in [0.25, 0.3) is 11.8 Å². The van der Waals surface area contributed by atoms with Crippen molar-refractivity contribution in [3.05, 3.63) is 57.7 Å². The smallest absolute Gasteiger partial charge is 0.287 e. The van der Waals surface area contributed by atoms with Crippen LogP contribution in [0.15, 0.2) is 39.2 Å². The largest absolute Gasteiger partial charge is 0.456 e. The molecule has 0 aliphatic carbocycles. The number of rotatable bonds is 3. The van der Waals surface area contributed by atoms with Crippen molar-refractivity contribution in [3.63, 3.8) is 0 Å². The molecule has 25 heavy (non-hydrogen) atoms. The minimum absolute atomic E-state index is 0.0128. The monoisotopic (exact) mass is 408 g/mol. The van der Waals surface area contributed by atoms with Gasteiger partial charge >= 0.3 is 0 Å². The van der Waals surface area contributed by atoms with E-state index in [4.69, 9.17) is 4.42 Å². The van der Waals surface area contributed by atoms with E-state index in [-0.39, 0.29) is 17.9 Å². The summed E-state index contributed by atoms with van der Waals surface area (Å²) in [5, 5.41) is 2.93. The van der Waals surface area contributed by atoms with Crippen molar-refractivity contribution in [1.82, 2.24) is 10.2 Å². The first-order valence-corrected chi connectivity index (χ1v) is 8.84.